The van der Waals surface area contributed by atoms with E-state index >= 15 is 0 Å². The van der Waals surface area contributed by atoms with Crippen LogP contribution in [0.15, 0.2) is 35.2 Å². The SMILES string of the molecule is COc1cc(NC(=O)CC2CCCCC2)ccc1-c1cnco1. The Kier molecular flexibility index (Phi) is 4.95. The Morgan fingerprint density at radius 1 is 1.35 bits per heavy atom. The van der Waals surface area contributed by atoms with Gasteiger partial charge in [0.1, 0.15) is 5.75 Å². The number of carbonyl (C=O) groups excluding carboxylic acids is 1. The Morgan fingerprint density at radius 3 is 2.87 bits per heavy atom. The average Bonchev–Trinajstić information content (AvgIpc) is 3.10. The Balaban J connectivity index is 1.67. The summed E-state index contributed by atoms with van der Waals surface area (Å²) in [6.07, 6.45) is 9.76. The Labute approximate surface area is 136 Å². The van der Waals surface area contributed by atoms with Crippen molar-refractivity contribution in [1.82, 2.24) is 4.98 Å². The summed E-state index contributed by atoms with van der Waals surface area (Å²) in [5.41, 5.74) is 1.56. The Bertz CT molecular complexity index is 646. The summed E-state index contributed by atoms with van der Waals surface area (Å²) in [5.74, 6) is 1.89. The third-order valence-corrected chi connectivity index (χ3v) is 4.38. The maximum absolute atomic E-state index is 12.2. The second-order valence-corrected chi connectivity index (χ2v) is 6.04. The second-order valence-electron chi connectivity index (χ2n) is 6.04. The number of methoxy groups -OCH3 is 1. The molecule has 5 nitrogen and oxygen atoms in total. The first-order valence-electron chi connectivity index (χ1n) is 8.13. The standard InChI is InChI=1S/C18H22N2O3/c1-22-16-10-14(7-8-15(16)17-11-19-12-23-17)20-18(21)9-13-5-3-2-4-6-13/h7-8,10-13H,2-6,9H2,1H3,(H,20,21). The fourth-order valence-corrected chi connectivity index (χ4v) is 3.19. The van der Waals surface area contributed by atoms with E-state index in [4.69, 9.17) is 9.15 Å². The Hall–Kier alpha value is -2.30. The molecule has 1 aromatic carbocycles. The van der Waals surface area contributed by atoms with Crippen LogP contribution in [0, 0.1) is 5.92 Å². The minimum Gasteiger partial charge on any atom is -0.496 e. The molecule has 0 saturated heterocycles. The molecular formula is C18H22N2O3. The molecule has 1 saturated carbocycles. The van der Waals surface area contributed by atoms with E-state index in [0.29, 0.717) is 23.8 Å². The maximum atomic E-state index is 12.2. The number of carbonyl (C=O) groups is 1. The van der Waals surface area contributed by atoms with Crippen molar-refractivity contribution >= 4 is 11.6 Å². The van der Waals surface area contributed by atoms with Gasteiger partial charge in [-0.2, -0.15) is 0 Å². The van der Waals surface area contributed by atoms with Crippen molar-refractivity contribution in [2.24, 2.45) is 5.92 Å². The molecule has 122 valence electrons. The predicted octanol–water partition coefficient (Wildman–Crippen LogP) is 4.26. The molecule has 2 aromatic rings. The molecule has 1 amide bonds. The number of nitrogens with one attached hydrogen (secondary N) is 1. The minimum atomic E-state index is 0.0753. The first-order chi connectivity index (χ1) is 11.3. The van der Waals surface area contributed by atoms with Crippen LogP contribution in [0.1, 0.15) is 38.5 Å². The molecular weight excluding hydrogens is 292 g/mol. The van der Waals surface area contributed by atoms with Gasteiger partial charge in [-0.1, -0.05) is 19.3 Å². The van der Waals surface area contributed by atoms with Crippen molar-refractivity contribution in [3.05, 3.63) is 30.8 Å². The number of hydrogen-bond acceptors (Lipinski definition) is 4. The van der Waals surface area contributed by atoms with Crippen molar-refractivity contribution in [2.45, 2.75) is 38.5 Å². The lowest BCUT2D eigenvalue weighted by Crippen LogP contribution is -2.18. The van der Waals surface area contributed by atoms with Crippen LogP contribution < -0.4 is 10.1 Å². The molecule has 0 spiro atoms. The number of anilines is 1. The summed E-state index contributed by atoms with van der Waals surface area (Å²) in [7, 11) is 1.60. The van der Waals surface area contributed by atoms with E-state index in [1.165, 1.54) is 38.5 Å². The van der Waals surface area contributed by atoms with Crippen LogP contribution in [0.25, 0.3) is 11.3 Å². The zero-order valence-corrected chi connectivity index (χ0v) is 13.4. The third-order valence-electron chi connectivity index (χ3n) is 4.38. The zero-order chi connectivity index (χ0) is 16.1. The molecule has 5 heteroatoms. The summed E-state index contributed by atoms with van der Waals surface area (Å²) < 4.78 is 10.7. The lowest BCUT2D eigenvalue weighted by molar-refractivity contribution is -0.117. The number of oxazole rings is 1. The third kappa shape index (κ3) is 3.92. The number of rotatable bonds is 5. The highest BCUT2D eigenvalue weighted by molar-refractivity contribution is 5.91. The quantitative estimate of drug-likeness (QED) is 0.895. The normalized spacial score (nSPS) is 15.3. The van der Waals surface area contributed by atoms with Crippen molar-refractivity contribution in [3.63, 3.8) is 0 Å². The van der Waals surface area contributed by atoms with E-state index in [9.17, 15) is 4.79 Å². The molecule has 3 rings (SSSR count). The van der Waals surface area contributed by atoms with Crippen molar-refractivity contribution < 1.29 is 13.9 Å². The largest absolute Gasteiger partial charge is 0.496 e. The molecule has 0 radical (unpaired) electrons. The Morgan fingerprint density at radius 2 is 2.17 bits per heavy atom. The summed E-state index contributed by atoms with van der Waals surface area (Å²) in [6.45, 7) is 0. The van der Waals surface area contributed by atoms with Gasteiger partial charge in [-0.05, 0) is 30.9 Å². The summed E-state index contributed by atoms with van der Waals surface area (Å²) >= 11 is 0. The highest BCUT2D eigenvalue weighted by Crippen LogP contribution is 2.32. The van der Waals surface area contributed by atoms with Gasteiger partial charge in [0.05, 0.1) is 18.9 Å². The molecule has 1 aromatic heterocycles. The summed E-state index contributed by atoms with van der Waals surface area (Å²) in [5, 5.41) is 2.97. The summed E-state index contributed by atoms with van der Waals surface area (Å²) in [4.78, 5) is 16.1. The zero-order valence-electron chi connectivity index (χ0n) is 13.4. The van der Waals surface area contributed by atoms with Gasteiger partial charge in [0.2, 0.25) is 5.91 Å². The van der Waals surface area contributed by atoms with E-state index in [-0.39, 0.29) is 5.91 Å². The number of benzene rings is 1. The molecule has 23 heavy (non-hydrogen) atoms. The average molecular weight is 314 g/mol. The van der Waals surface area contributed by atoms with Gasteiger partial charge >= 0.3 is 0 Å². The van der Waals surface area contributed by atoms with E-state index < -0.39 is 0 Å². The molecule has 1 heterocycles. The van der Waals surface area contributed by atoms with Gasteiger partial charge in [0, 0.05) is 18.2 Å². The highest BCUT2D eigenvalue weighted by Gasteiger charge is 2.17. The first kappa shape index (κ1) is 15.6. The van der Waals surface area contributed by atoms with Crippen LogP contribution in [0.4, 0.5) is 5.69 Å². The van der Waals surface area contributed by atoms with E-state index in [1.807, 2.05) is 18.2 Å². The maximum Gasteiger partial charge on any atom is 0.224 e. The second kappa shape index (κ2) is 7.31. The first-order valence-corrected chi connectivity index (χ1v) is 8.13. The number of aromatic nitrogens is 1. The number of hydrogen-bond donors (Lipinski definition) is 1. The highest BCUT2D eigenvalue weighted by atomic mass is 16.5. The molecule has 1 aliphatic carbocycles. The molecule has 0 aliphatic heterocycles. The predicted molar refractivity (Wildman–Crippen MR) is 88.3 cm³/mol. The van der Waals surface area contributed by atoms with Crippen LogP contribution in [0.5, 0.6) is 5.75 Å². The van der Waals surface area contributed by atoms with Gasteiger partial charge in [-0.25, -0.2) is 4.98 Å². The van der Waals surface area contributed by atoms with Gasteiger partial charge in [-0.15, -0.1) is 0 Å². The fourth-order valence-electron chi connectivity index (χ4n) is 3.19. The van der Waals surface area contributed by atoms with Crippen LogP contribution in [-0.2, 0) is 4.79 Å². The van der Waals surface area contributed by atoms with Crippen LogP contribution in [0.3, 0.4) is 0 Å². The van der Waals surface area contributed by atoms with Crippen LogP contribution in [-0.4, -0.2) is 18.0 Å². The van der Waals surface area contributed by atoms with Gasteiger partial charge in [0.25, 0.3) is 0 Å². The van der Waals surface area contributed by atoms with Crippen molar-refractivity contribution in [3.8, 4) is 17.1 Å². The van der Waals surface area contributed by atoms with E-state index in [1.54, 1.807) is 13.3 Å². The lowest BCUT2D eigenvalue weighted by atomic mass is 9.87. The molecule has 0 atom stereocenters. The molecule has 1 aliphatic rings. The summed E-state index contributed by atoms with van der Waals surface area (Å²) in [6, 6.07) is 5.55. The molecule has 0 bridgehead atoms. The number of amides is 1. The number of ether oxygens (including phenoxy) is 1. The lowest BCUT2D eigenvalue weighted by Gasteiger charge is -2.21. The molecule has 0 unspecified atom stereocenters. The molecule has 1 fully saturated rings. The van der Waals surface area contributed by atoms with Crippen molar-refractivity contribution in [1.29, 1.82) is 0 Å². The van der Waals surface area contributed by atoms with Gasteiger partial charge < -0.3 is 14.5 Å². The fraction of sp³-hybridized carbons (Fsp3) is 0.444. The smallest absolute Gasteiger partial charge is 0.224 e. The molecule has 1 N–H and O–H groups in total. The van der Waals surface area contributed by atoms with Gasteiger partial charge in [0.15, 0.2) is 12.2 Å². The van der Waals surface area contributed by atoms with E-state index in [2.05, 4.69) is 10.3 Å². The van der Waals surface area contributed by atoms with Crippen LogP contribution >= 0.6 is 0 Å². The van der Waals surface area contributed by atoms with Crippen LogP contribution in [0.2, 0.25) is 0 Å². The van der Waals surface area contributed by atoms with E-state index in [0.717, 1.165) is 11.3 Å². The minimum absolute atomic E-state index is 0.0753. The topological polar surface area (TPSA) is 64.4 Å². The number of nitrogens with zero attached hydrogens (tertiary/aromatic N) is 1. The monoisotopic (exact) mass is 314 g/mol. The van der Waals surface area contributed by atoms with Crippen molar-refractivity contribution in [2.75, 3.05) is 12.4 Å². The van der Waals surface area contributed by atoms with Gasteiger partial charge in [-0.3, -0.25) is 4.79 Å².